The average Bonchev–Trinajstić information content (AvgIpc) is 2.34. The number of nitrogens with zero attached hydrogens (tertiary/aromatic N) is 2. The molecule has 80 valence electrons. The predicted octanol–water partition coefficient (Wildman–Crippen LogP) is 2.58. The van der Waals surface area contributed by atoms with Gasteiger partial charge in [-0.15, -0.1) is 0 Å². The lowest BCUT2D eigenvalue weighted by Gasteiger charge is -2.28. The lowest BCUT2D eigenvalue weighted by Crippen LogP contribution is -2.30. The number of rotatable bonds is 2. The molecule has 0 radical (unpaired) electrons. The average molecular weight is 195 g/mol. The maximum Gasteiger partial charge on any atom is 0.0758 e. The molecule has 1 N–H and O–H groups in total. The lowest BCUT2D eigenvalue weighted by molar-refractivity contribution is 0.359. The highest BCUT2D eigenvalue weighted by molar-refractivity contribution is 5.46. The third kappa shape index (κ3) is 2.28. The fourth-order valence-electron chi connectivity index (χ4n) is 1.09. The van der Waals surface area contributed by atoms with Crippen LogP contribution >= 0.6 is 0 Å². The Bertz CT molecular complexity index is 307. The van der Waals surface area contributed by atoms with E-state index in [0.29, 0.717) is 6.04 Å². The molecule has 0 aliphatic carbocycles. The molecular weight excluding hydrogens is 174 g/mol. The highest BCUT2D eigenvalue weighted by atomic mass is 15.3. The van der Waals surface area contributed by atoms with Crippen LogP contribution in [0.2, 0.25) is 0 Å². The normalized spacial score (nSPS) is 14.1. The second-order valence-corrected chi connectivity index (χ2v) is 5.00. The molecule has 1 unspecified atom stereocenters. The summed E-state index contributed by atoms with van der Waals surface area (Å²) < 4.78 is 1.89. The topological polar surface area (TPSA) is 29.9 Å². The Morgan fingerprint density at radius 3 is 2.36 bits per heavy atom. The molecule has 3 heteroatoms. The molecule has 0 bridgehead atoms. The molecule has 0 aliphatic rings. The van der Waals surface area contributed by atoms with Crippen LogP contribution in [0, 0.1) is 12.3 Å². The van der Waals surface area contributed by atoms with E-state index in [2.05, 4.69) is 45.0 Å². The van der Waals surface area contributed by atoms with Crippen molar-refractivity contribution in [2.75, 3.05) is 5.32 Å². The van der Waals surface area contributed by atoms with Crippen molar-refractivity contribution >= 4 is 5.69 Å². The fourth-order valence-corrected chi connectivity index (χ4v) is 1.09. The molecule has 0 fully saturated rings. The molecule has 3 nitrogen and oxygen atoms in total. The van der Waals surface area contributed by atoms with Gasteiger partial charge < -0.3 is 5.32 Å². The van der Waals surface area contributed by atoms with Gasteiger partial charge in [0.25, 0.3) is 0 Å². The van der Waals surface area contributed by atoms with Crippen LogP contribution in [0.4, 0.5) is 5.69 Å². The Labute approximate surface area is 86.5 Å². The van der Waals surface area contributed by atoms with E-state index in [1.165, 1.54) is 5.69 Å². The van der Waals surface area contributed by atoms with Gasteiger partial charge in [-0.3, -0.25) is 4.68 Å². The summed E-state index contributed by atoms with van der Waals surface area (Å²) in [5, 5.41) is 7.69. The molecule has 0 spiro atoms. The summed E-state index contributed by atoms with van der Waals surface area (Å²) in [7, 11) is 1.96. The van der Waals surface area contributed by atoms with Crippen LogP contribution in [0.3, 0.4) is 0 Å². The van der Waals surface area contributed by atoms with Gasteiger partial charge >= 0.3 is 0 Å². The number of aromatic nitrogens is 2. The molecule has 0 aliphatic heterocycles. The summed E-state index contributed by atoms with van der Waals surface area (Å²) in [5.41, 5.74) is 2.58. The minimum atomic E-state index is 0.266. The Morgan fingerprint density at radius 1 is 1.43 bits per heavy atom. The maximum absolute atomic E-state index is 4.21. The van der Waals surface area contributed by atoms with Crippen molar-refractivity contribution in [3.63, 3.8) is 0 Å². The maximum atomic E-state index is 4.21. The first-order valence-corrected chi connectivity index (χ1v) is 5.07. The number of hydrogen-bond acceptors (Lipinski definition) is 2. The summed E-state index contributed by atoms with van der Waals surface area (Å²) >= 11 is 0. The molecule has 0 amide bonds. The van der Waals surface area contributed by atoms with Gasteiger partial charge in [0, 0.05) is 13.1 Å². The van der Waals surface area contributed by atoms with Crippen molar-refractivity contribution in [1.82, 2.24) is 9.78 Å². The van der Waals surface area contributed by atoms with Crippen LogP contribution in [-0.4, -0.2) is 15.8 Å². The zero-order valence-corrected chi connectivity index (χ0v) is 10.0. The zero-order valence-electron chi connectivity index (χ0n) is 10.0. The van der Waals surface area contributed by atoms with Gasteiger partial charge in [-0.25, -0.2) is 0 Å². The molecule has 1 aromatic rings. The van der Waals surface area contributed by atoms with Crippen molar-refractivity contribution in [2.45, 2.75) is 40.7 Å². The highest BCUT2D eigenvalue weighted by Gasteiger charge is 2.20. The van der Waals surface area contributed by atoms with Crippen LogP contribution in [-0.2, 0) is 7.05 Å². The van der Waals surface area contributed by atoms with Crippen molar-refractivity contribution < 1.29 is 0 Å². The highest BCUT2D eigenvalue weighted by Crippen LogP contribution is 2.23. The number of nitrogens with one attached hydrogen (secondary N) is 1. The van der Waals surface area contributed by atoms with E-state index in [1.54, 1.807) is 0 Å². The first-order valence-electron chi connectivity index (χ1n) is 5.07. The molecule has 0 saturated heterocycles. The molecule has 1 rings (SSSR count). The third-order valence-electron chi connectivity index (χ3n) is 2.91. The SMILES string of the molecule is Cc1c(NC(C)C(C)(C)C)cnn1C. The third-order valence-corrected chi connectivity index (χ3v) is 2.91. The second-order valence-electron chi connectivity index (χ2n) is 5.00. The lowest BCUT2D eigenvalue weighted by atomic mass is 9.88. The van der Waals surface area contributed by atoms with Crippen molar-refractivity contribution in [3.8, 4) is 0 Å². The van der Waals surface area contributed by atoms with Crippen LogP contribution in [0.5, 0.6) is 0 Å². The van der Waals surface area contributed by atoms with Crippen molar-refractivity contribution in [3.05, 3.63) is 11.9 Å². The minimum Gasteiger partial charge on any atom is -0.379 e. The second kappa shape index (κ2) is 3.64. The Balaban J connectivity index is 2.75. The Hall–Kier alpha value is -0.990. The van der Waals surface area contributed by atoms with Crippen LogP contribution < -0.4 is 5.32 Å². The molecule has 0 saturated carbocycles. The largest absolute Gasteiger partial charge is 0.379 e. The standard InChI is InChI=1S/C11H21N3/c1-8-10(7-12-14(8)6)13-9(2)11(3,4)5/h7,9,13H,1-6H3. The Morgan fingerprint density at radius 2 is 2.00 bits per heavy atom. The number of hydrogen-bond donors (Lipinski definition) is 1. The monoisotopic (exact) mass is 195 g/mol. The summed E-state index contributed by atoms with van der Waals surface area (Å²) in [4.78, 5) is 0. The number of aryl methyl sites for hydroxylation is 1. The molecule has 1 aromatic heterocycles. The van der Waals surface area contributed by atoms with E-state index in [-0.39, 0.29) is 5.41 Å². The molecule has 0 aromatic carbocycles. The molecule has 14 heavy (non-hydrogen) atoms. The van der Waals surface area contributed by atoms with Gasteiger partial charge in [0.15, 0.2) is 0 Å². The van der Waals surface area contributed by atoms with Gasteiger partial charge in [0.05, 0.1) is 17.6 Å². The van der Waals surface area contributed by atoms with E-state index >= 15 is 0 Å². The molecule has 1 heterocycles. The summed E-state index contributed by atoms with van der Waals surface area (Å²) in [6, 6.07) is 0.436. The van der Waals surface area contributed by atoms with Gasteiger partial charge in [0.2, 0.25) is 0 Å². The van der Waals surface area contributed by atoms with E-state index in [0.717, 1.165) is 5.69 Å². The van der Waals surface area contributed by atoms with Gasteiger partial charge in [0.1, 0.15) is 0 Å². The summed E-state index contributed by atoms with van der Waals surface area (Å²) in [6.07, 6.45) is 1.89. The van der Waals surface area contributed by atoms with Gasteiger partial charge in [-0.05, 0) is 19.3 Å². The molecule has 1 atom stereocenters. The Kier molecular flexibility index (Phi) is 2.88. The van der Waals surface area contributed by atoms with E-state index in [9.17, 15) is 0 Å². The summed E-state index contributed by atoms with van der Waals surface area (Å²) in [6.45, 7) is 11.0. The first-order chi connectivity index (χ1) is 6.32. The van der Waals surface area contributed by atoms with Crippen LogP contribution in [0.15, 0.2) is 6.20 Å². The fraction of sp³-hybridized carbons (Fsp3) is 0.727. The molecular formula is C11H21N3. The predicted molar refractivity (Wildman–Crippen MR) is 60.5 cm³/mol. The van der Waals surface area contributed by atoms with Gasteiger partial charge in [-0.2, -0.15) is 5.10 Å². The van der Waals surface area contributed by atoms with Crippen LogP contribution in [0.25, 0.3) is 0 Å². The number of anilines is 1. The zero-order chi connectivity index (χ0) is 10.9. The van der Waals surface area contributed by atoms with E-state index in [4.69, 9.17) is 0 Å². The van der Waals surface area contributed by atoms with Gasteiger partial charge in [-0.1, -0.05) is 20.8 Å². The van der Waals surface area contributed by atoms with E-state index in [1.807, 2.05) is 17.9 Å². The summed E-state index contributed by atoms with van der Waals surface area (Å²) in [5.74, 6) is 0. The minimum absolute atomic E-state index is 0.266. The van der Waals surface area contributed by atoms with E-state index < -0.39 is 0 Å². The quantitative estimate of drug-likeness (QED) is 0.786. The smallest absolute Gasteiger partial charge is 0.0758 e. The van der Waals surface area contributed by atoms with Crippen LogP contribution in [0.1, 0.15) is 33.4 Å². The van der Waals surface area contributed by atoms with Crippen molar-refractivity contribution in [1.29, 1.82) is 0 Å². The van der Waals surface area contributed by atoms with Crippen molar-refractivity contribution in [2.24, 2.45) is 12.5 Å². The first kappa shape index (κ1) is 11.1.